The number of ether oxygens (including phenoxy) is 1. The maximum absolute atomic E-state index is 10.6. The van der Waals surface area contributed by atoms with Crippen LogP contribution in [0.2, 0.25) is 0 Å². The Kier molecular flexibility index (Phi) is 7.85. The predicted octanol–water partition coefficient (Wildman–Crippen LogP) is 3.86. The van der Waals surface area contributed by atoms with E-state index in [9.17, 15) is 10.2 Å². The fraction of sp³-hybridized carbons (Fsp3) is 0.364. The molecule has 0 aliphatic rings. The Balaban J connectivity index is 1.96. The molecule has 5 heteroatoms. The maximum atomic E-state index is 10.6. The summed E-state index contributed by atoms with van der Waals surface area (Å²) in [5.41, 5.74) is 1.74. The quantitative estimate of drug-likeness (QED) is 0.552. The summed E-state index contributed by atoms with van der Waals surface area (Å²) in [4.78, 5) is 0. The van der Waals surface area contributed by atoms with Crippen LogP contribution in [0.3, 0.4) is 0 Å². The van der Waals surface area contributed by atoms with Gasteiger partial charge in [0, 0.05) is 5.92 Å². The number of benzene rings is 1. The molecule has 3 atom stereocenters. The monoisotopic (exact) mass is 372 g/mol. The molecule has 146 valence electrons. The van der Waals surface area contributed by atoms with Gasteiger partial charge in [-0.3, -0.25) is 0 Å². The second-order valence-corrected chi connectivity index (χ2v) is 6.59. The molecule has 1 heterocycles. The highest BCUT2D eigenvalue weighted by Crippen LogP contribution is 2.29. The van der Waals surface area contributed by atoms with Crippen molar-refractivity contribution in [1.29, 1.82) is 0 Å². The van der Waals surface area contributed by atoms with Crippen LogP contribution in [-0.4, -0.2) is 28.5 Å². The van der Waals surface area contributed by atoms with E-state index in [0.29, 0.717) is 35.7 Å². The van der Waals surface area contributed by atoms with E-state index in [1.54, 1.807) is 49.6 Å². The molecule has 3 N–H and O–H groups in total. The van der Waals surface area contributed by atoms with Crippen LogP contribution in [0.1, 0.15) is 43.0 Å². The molecule has 2 rings (SSSR count). The van der Waals surface area contributed by atoms with Crippen LogP contribution in [0.15, 0.2) is 59.0 Å². The molecule has 0 radical (unpaired) electrons. The van der Waals surface area contributed by atoms with Crippen molar-refractivity contribution >= 4 is 6.08 Å². The minimum atomic E-state index is -0.843. The Labute approximate surface area is 160 Å². The lowest BCUT2D eigenvalue weighted by molar-refractivity contribution is 0.0319. The van der Waals surface area contributed by atoms with Crippen LogP contribution >= 0.6 is 0 Å². The van der Waals surface area contributed by atoms with Crippen molar-refractivity contribution in [2.24, 2.45) is 5.92 Å². The van der Waals surface area contributed by atoms with Crippen molar-refractivity contribution < 1.29 is 24.5 Å². The van der Waals surface area contributed by atoms with Crippen LogP contribution < -0.4 is 4.74 Å². The van der Waals surface area contributed by atoms with Crippen molar-refractivity contribution in [3.63, 3.8) is 0 Å². The van der Waals surface area contributed by atoms with E-state index in [1.165, 1.54) is 0 Å². The molecule has 0 amide bonds. The lowest BCUT2D eigenvalue weighted by Crippen LogP contribution is -2.25. The SMILES string of the molecule is C=C[C@H]([C@H](O)CC/C(C)=C/c1ccc(CO)o1)[C@H](O)c1ccc(OC)cc1. The van der Waals surface area contributed by atoms with E-state index in [4.69, 9.17) is 14.3 Å². The third kappa shape index (κ3) is 5.82. The number of methoxy groups -OCH3 is 1. The Morgan fingerprint density at radius 3 is 2.44 bits per heavy atom. The zero-order valence-electron chi connectivity index (χ0n) is 15.8. The van der Waals surface area contributed by atoms with Gasteiger partial charge in [0.05, 0.1) is 19.3 Å². The maximum Gasteiger partial charge on any atom is 0.130 e. The molecular weight excluding hydrogens is 344 g/mol. The topological polar surface area (TPSA) is 83.1 Å². The van der Waals surface area contributed by atoms with E-state index in [2.05, 4.69) is 6.58 Å². The standard InChI is InChI=1S/C22H28O5/c1-4-20(22(25)16-6-8-17(26-3)9-7-16)21(24)12-5-15(2)13-18-10-11-19(14-23)27-18/h4,6-11,13,20-25H,1,5,12,14H2,2-3H3/b15-13+/t20-,21-,22-/m1/s1. The zero-order chi connectivity index (χ0) is 19.8. The summed E-state index contributed by atoms with van der Waals surface area (Å²) in [6.45, 7) is 5.60. The van der Waals surface area contributed by atoms with Crippen molar-refractivity contribution in [3.8, 4) is 5.75 Å². The van der Waals surface area contributed by atoms with Gasteiger partial charge in [0.1, 0.15) is 23.9 Å². The van der Waals surface area contributed by atoms with Crippen LogP contribution in [0.5, 0.6) is 5.75 Å². The number of allylic oxidation sites excluding steroid dienone is 1. The number of aliphatic hydroxyl groups is 3. The molecular formula is C22H28O5. The number of furan rings is 1. The smallest absolute Gasteiger partial charge is 0.130 e. The predicted molar refractivity (Wildman–Crippen MR) is 105 cm³/mol. The van der Waals surface area contributed by atoms with Gasteiger partial charge in [0.15, 0.2) is 0 Å². The highest BCUT2D eigenvalue weighted by Gasteiger charge is 2.25. The van der Waals surface area contributed by atoms with Gasteiger partial charge >= 0.3 is 0 Å². The molecule has 1 aromatic carbocycles. The summed E-state index contributed by atoms with van der Waals surface area (Å²) in [5, 5.41) is 30.2. The van der Waals surface area contributed by atoms with Gasteiger partial charge in [-0.25, -0.2) is 0 Å². The van der Waals surface area contributed by atoms with Crippen LogP contribution in [0, 0.1) is 5.92 Å². The highest BCUT2D eigenvalue weighted by atomic mass is 16.5. The van der Waals surface area contributed by atoms with Gasteiger partial charge in [-0.15, -0.1) is 6.58 Å². The number of rotatable bonds is 10. The fourth-order valence-electron chi connectivity index (χ4n) is 2.96. The third-order valence-electron chi connectivity index (χ3n) is 4.60. The van der Waals surface area contributed by atoms with Gasteiger partial charge in [0.2, 0.25) is 0 Å². The molecule has 0 bridgehead atoms. The Bertz CT molecular complexity index is 744. The Morgan fingerprint density at radius 1 is 1.19 bits per heavy atom. The first-order valence-electron chi connectivity index (χ1n) is 8.97. The molecule has 0 spiro atoms. The minimum Gasteiger partial charge on any atom is -0.497 e. The molecule has 1 aromatic heterocycles. The summed E-state index contributed by atoms with van der Waals surface area (Å²) < 4.78 is 10.6. The lowest BCUT2D eigenvalue weighted by Gasteiger charge is -2.25. The molecule has 0 saturated carbocycles. The first kappa shape index (κ1) is 21.0. The van der Waals surface area contributed by atoms with Gasteiger partial charge in [-0.05, 0) is 55.7 Å². The Morgan fingerprint density at radius 2 is 1.89 bits per heavy atom. The summed E-state index contributed by atoms with van der Waals surface area (Å²) in [6, 6.07) is 10.7. The van der Waals surface area contributed by atoms with Gasteiger partial charge < -0.3 is 24.5 Å². The first-order chi connectivity index (χ1) is 13.0. The number of aliphatic hydroxyl groups excluding tert-OH is 3. The van der Waals surface area contributed by atoms with E-state index >= 15 is 0 Å². The fourth-order valence-corrected chi connectivity index (χ4v) is 2.96. The zero-order valence-corrected chi connectivity index (χ0v) is 15.8. The molecule has 5 nitrogen and oxygen atoms in total. The van der Waals surface area contributed by atoms with E-state index in [-0.39, 0.29) is 6.61 Å². The van der Waals surface area contributed by atoms with E-state index in [0.717, 1.165) is 5.57 Å². The van der Waals surface area contributed by atoms with Crippen molar-refractivity contribution in [3.05, 3.63) is 71.7 Å². The first-order valence-corrected chi connectivity index (χ1v) is 8.97. The van der Waals surface area contributed by atoms with Crippen LogP contribution in [0.25, 0.3) is 6.08 Å². The van der Waals surface area contributed by atoms with Crippen LogP contribution in [-0.2, 0) is 6.61 Å². The van der Waals surface area contributed by atoms with Gasteiger partial charge in [-0.2, -0.15) is 0 Å². The minimum absolute atomic E-state index is 0.129. The molecule has 2 aromatic rings. The molecule has 0 fully saturated rings. The molecule has 0 aliphatic carbocycles. The second kappa shape index (κ2) is 10.1. The summed E-state index contributed by atoms with van der Waals surface area (Å²) in [6.07, 6.45) is 3.04. The largest absolute Gasteiger partial charge is 0.497 e. The summed E-state index contributed by atoms with van der Waals surface area (Å²) in [5.74, 6) is 1.42. The average molecular weight is 372 g/mol. The average Bonchev–Trinajstić information content (AvgIpc) is 3.14. The van der Waals surface area contributed by atoms with E-state index in [1.807, 2.05) is 13.0 Å². The Hall–Kier alpha value is -2.34. The van der Waals surface area contributed by atoms with Gasteiger partial charge in [0.25, 0.3) is 0 Å². The van der Waals surface area contributed by atoms with Crippen LogP contribution in [0.4, 0.5) is 0 Å². The normalized spacial score (nSPS) is 15.2. The highest BCUT2D eigenvalue weighted by molar-refractivity contribution is 5.46. The summed E-state index contributed by atoms with van der Waals surface area (Å²) in [7, 11) is 1.59. The molecule has 0 aliphatic heterocycles. The lowest BCUT2D eigenvalue weighted by atomic mass is 9.88. The molecule has 0 saturated heterocycles. The number of hydrogen-bond acceptors (Lipinski definition) is 5. The van der Waals surface area contributed by atoms with E-state index < -0.39 is 18.1 Å². The number of hydrogen-bond donors (Lipinski definition) is 3. The third-order valence-corrected chi connectivity index (χ3v) is 4.60. The summed E-state index contributed by atoms with van der Waals surface area (Å²) >= 11 is 0. The van der Waals surface area contributed by atoms with Crippen molar-refractivity contribution in [1.82, 2.24) is 0 Å². The second-order valence-electron chi connectivity index (χ2n) is 6.59. The van der Waals surface area contributed by atoms with Crippen molar-refractivity contribution in [2.45, 2.75) is 38.6 Å². The molecule has 27 heavy (non-hydrogen) atoms. The van der Waals surface area contributed by atoms with Gasteiger partial charge in [-0.1, -0.05) is 23.8 Å². The molecule has 0 unspecified atom stereocenters. The van der Waals surface area contributed by atoms with Crippen molar-refractivity contribution in [2.75, 3.05) is 7.11 Å².